The lowest BCUT2D eigenvalue weighted by molar-refractivity contribution is 0.592. The van der Waals surface area contributed by atoms with E-state index in [1.807, 2.05) is 0 Å². The van der Waals surface area contributed by atoms with Gasteiger partial charge in [0, 0.05) is 37.3 Å². The second-order valence-electron chi connectivity index (χ2n) is 5.27. The van der Waals surface area contributed by atoms with E-state index in [0.29, 0.717) is 11.3 Å². The first-order valence-electron chi connectivity index (χ1n) is 7.06. The maximum atomic E-state index is 11.7. The van der Waals surface area contributed by atoms with Gasteiger partial charge in [0.1, 0.15) is 0 Å². The topological polar surface area (TPSA) is 81.9 Å². The summed E-state index contributed by atoms with van der Waals surface area (Å²) < 4.78 is 24.8. The number of unbranched alkanes of at least 4 members (excludes halogenated alkanes) is 1. The summed E-state index contributed by atoms with van der Waals surface area (Å²) in [6.45, 7) is 2.08. The standard InChI is InChI=1S/C15H19N3O3S/c1-4-5-6-11-9-16-15(22(3,20)21)17-14(11)12-7-8-13(19)18(2)10-12/h7-10H,4-6H2,1-3H3. The molecule has 0 fully saturated rings. The SMILES string of the molecule is CCCCc1cnc(S(C)(=O)=O)nc1-c1ccc(=O)n(C)c1. The van der Waals surface area contributed by atoms with E-state index in [9.17, 15) is 13.2 Å². The van der Waals surface area contributed by atoms with E-state index in [2.05, 4.69) is 16.9 Å². The van der Waals surface area contributed by atoms with Crippen molar-refractivity contribution in [2.45, 2.75) is 31.3 Å². The Kier molecular flexibility index (Phi) is 4.75. The predicted molar refractivity (Wildman–Crippen MR) is 84.4 cm³/mol. The number of aryl methyl sites for hydroxylation is 2. The van der Waals surface area contributed by atoms with E-state index in [-0.39, 0.29) is 10.7 Å². The molecule has 0 aliphatic heterocycles. The van der Waals surface area contributed by atoms with Crippen LogP contribution in [-0.2, 0) is 23.3 Å². The lowest BCUT2D eigenvalue weighted by Crippen LogP contribution is -2.15. The fourth-order valence-corrected chi connectivity index (χ4v) is 2.60. The van der Waals surface area contributed by atoms with Crippen LogP contribution in [-0.4, -0.2) is 29.2 Å². The van der Waals surface area contributed by atoms with Gasteiger partial charge in [0.05, 0.1) is 5.69 Å². The van der Waals surface area contributed by atoms with Crippen molar-refractivity contribution in [2.24, 2.45) is 7.05 Å². The quantitative estimate of drug-likeness (QED) is 0.781. The van der Waals surface area contributed by atoms with Gasteiger partial charge in [-0.05, 0) is 24.5 Å². The van der Waals surface area contributed by atoms with Crippen molar-refractivity contribution in [1.29, 1.82) is 0 Å². The van der Waals surface area contributed by atoms with Crippen LogP contribution in [0, 0.1) is 0 Å². The molecule has 2 aromatic rings. The van der Waals surface area contributed by atoms with Crippen LogP contribution in [0.4, 0.5) is 0 Å². The van der Waals surface area contributed by atoms with Crippen LogP contribution in [0.1, 0.15) is 25.3 Å². The summed E-state index contributed by atoms with van der Waals surface area (Å²) in [5.74, 6) is 0. The average molecular weight is 321 g/mol. The first-order valence-corrected chi connectivity index (χ1v) is 8.95. The predicted octanol–water partition coefficient (Wildman–Crippen LogP) is 1.59. The number of hydrogen-bond donors (Lipinski definition) is 0. The summed E-state index contributed by atoms with van der Waals surface area (Å²) in [7, 11) is -1.83. The number of nitrogens with zero attached hydrogens (tertiary/aromatic N) is 3. The Morgan fingerprint density at radius 3 is 2.59 bits per heavy atom. The highest BCUT2D eigenvalue weighted by molar-refractivity contribution is 7.90. The minimum atomic E-state index is -3.48. The first kappa shape index (κ1) is 16.4. The third-order valence-electron chi connectivity index (χ3n) is 3.33. The molecular weight excluding hydrogens is 302 g/mol. The Labute approximate surface area is 129 Å². The first-order chi connectivity index (χ1) is 10.3. The average Bonchev–Trinajstić information content (AvgIpc) is 2.47. The van der Waals surface area contributed by atoms with Gasteiger partial charge in [0.2, 0.25) is 20.6 Å². The van der Waals surface area contributed by atoms with Gasteiger partial charge in [-0.2, -0.15) is 0 Å². The Hall–Kier alpha value is -2.02. The molecule has 7 heteroatoms. The molecule has 0 atom stereocenters. The second-order valence-corrected chi connectivity index (χ2v) is 7.18. The molecule has 2 heterocycles. The number of hydrogen-bond acceptors (Lipinski definition) is 5. The zero-order valence-electron chi connectivity index (χ0n) is 12.9. The number of pyridine rings is 1. The summed E-state index contributed by atoms with van der Waals surface area (Å²) in [6.07, 6.45) is 7.05. The van der Waals surface area contributed by atoms with Gasteiger partial charge in [0.25, 0.3) is 0 Å². The van der Waals surface area contributed by atoms with Crippen molar-refractivity contribution >= 4 is 9.84 Å². The normalized spacial score (nSPS) is 11.6. The molecule has 2 aromatic heterocycles. The third-order valence-corrected chi connectivity index (χ3v) is 4.19. The van der Waals surface area contributed by atoms with Crippen LogP contribution < -0.4 is 5.56 Å². The molecule has 0 saturated carbocycles. The Balaban J connectivity index is 2.62. The fraction of sp³-hybridized carbons (Fsp3) is 0.400. The van der Waals surface area contributed by atoms with E-state index >= 15 is 0 Å². The summed E-state index contributed by atoms with van der Waals surface area (Å²) in [5.41, 5.74) is 2.03. The molecule has 0 N–H and O–H groups in total. The minimum absolute atomic E-state index is 0.128. The molecule has 0 radical (unpaired) electrons. The molecule has 0 aliphatic carbocycles. The molecule has 22 heavy (non-hydrogen) atoms. The smallest absolute Gasteiger partial charge is 0.250 e. The van der Waals surface area contributed by atoms with Gasteiger partial charge in [-0.3, -0.25) is 4.79 Å². The molecule has 0 bridgehead atoms. The number of aromatic nitrogens is 3. The van der Waals surface area contributed by atoms with E-state index < -0.39 is 9.84 Å². The number of sulfone groups is 1. The highest BCUT2D eigenvalue weighted by atomic mass is 32.2. The van der Waals surface area contributed by atoms with Gasteiger partial charge in [0.15, 0.2) is 0 Å². The van der Waals surface area contributed by atoms with E-state index in [4.69, 9.17) is 0 Å². The molecule has 0 aliphatic rings. The fourth-order valence-electron chi connectivity index (χ4n) is 2.10. The largest absolute Gasteiger partial charge is 0.318 e. The van der Waals surface area contributed by atoms with Gasteiger partial charge in [-0.25, -0.2) is 18.4 Å². The molecule has 0 unspecified atom stereocenters. The summed E-state index contributed by atoms with van der Waals surface area (Å²) >= 11 is 0. The molecular formula is C15H19N3O3S. The number of rotatable bonds is 5. The molecule has 118 valence electrons. The summed E-state index contributed by atoms with van der Waals surface area (Å²) in [5, 5.41) is -0.198. The summed E-state index contributed by atoms with van der Waals surface area (Å²) in [4.78, 5) is 19.7. The van der Waals surface area contributed by atoms with E-state index in [1.165, 1.54) is 10.6 Å². The van der Waals surface area contributed by atoms with Gasteiger partial charge < -0.3 is 4.57 Å². The third kappa shape index (κ3) is 3.59. The molecule has 0 aromatic carbocycles. The van der Waals surface area contributed by atoms with Crippen molar-refractivity contribution in [2.75, 3.05) is 6.26 Å². The van der Waals surface area contributed by atoms with Crippen molar-refractivity contribution in [3.8, 4) is 11.3 Å². The highest BCUT2D eigenvalue weighted by Crippen LogP contribution is 2.22. The monoisotopic (exact) mass is 321 g/mol. The Bertz CT molecular complexity index is 841. The Morgan fingerprint density at radius 2 is 2.00 bits per heavy atom. The zero-order chi connectivity index (χ0) is 16.3. The van der Waals surface area contributed by atoms with Gasteiger partial charge >= 0.3 is 0 Å². The van der Waals surface area contributed by atoms with E-state index in [0.717, 1.165) is 31.1 Å². The highest BCUT2D eigenvalue weighted by Gasteiger charge is 2.16. The molecule has 6 nitrogen and oxygen atoms in total. The van der Waals surface area contributed by atoms with Crippen LogP contribution in [0.25, 0.3) is 11.3 Å². The lowest BCUT2D eigenvalue weighted by atomic mass is 10.0. The van der Waals surface area contributed by atoms with Crippen molar-refractivity contribution in [3.63, 3.8) is 0 Å². The molecule has 2 rings (SSSR count). The Morgan fingerprint density at radius 1 is 1.27 bits per heavy atom. The van der Waals surface area contributed by atoms with Crippen LogP contribution in [0.2, 0.25) is 0 Å². The summed E-state index contributed by atoms with van der Waals surface area (Å²) in [6, 6.07) is 3.10. The molecule has 0 spiro atoms. The van der Waals surface area contributed by atoms with Gasteiger partial charge in [-0.15, -0.1) is 0 Å². The lowest BCUT2D eigenvalue weighted by Gasteiger charge is -2.10. The van der Waals surface area contributed by atoms with Crippen LogP contribution in [0.3, 0.4) is 0 Å². The van der Waals surface area contributed by atoms with Gasteiger partial charge in [-0.1, -0.05) is 13.3 Å². The van der Waals surface area contributed by atoms with E-state index in [1.54, 1.807) is 25.5 Å². The maximum Gasteiger partial charge on any atom is 0.250 e. The zero-order valence-corrected chi connectivity index (χ0v) is 13.7. The van der Waals surface area contributed by atoms with Crippen LogP contribution in [0.15, 0.2) is 34.5 Å². The maximum absolute atomic E-state index is 11.7. The minimum Gasteiger partial charge on any atom is -0.318 e. The van der Waals surface area contributed by atoms with Crippen LogP contribution >= 0.6 is 0 Å². The van der Waals surface area contributed by atoms with Crippen molar-refractivity contribution in [3.05, 3.63) is 40.4 Å². The molecule has 0 saturated heterocycles. The van der Waals surface area contributed by atoms with Crippen molar-refractivity contribution in [1.82, 2.24) is 14.5 Å². The van der Waals surface area contributed by atoms with Crippen molar-refractivity contribution < 1.29 is 8.42 Å². The molecule has 0 amide bonds. The second kappa shape index (κ2) is 6.39. The van der Waals surface area contributed by atoms with Crippen LogP contribution in [0.5, 0.6) is 0 Å².